The molecule has 0 heterocycles. The third kappa shape index (κ3) is 5.52. The summed E-state index contributed by atoms with van der Waals surface area (Å²) in [5, 5.41) is 1.96. The van der Waals surface area contributed by atoms with Gasteiger partial charge in [-0.3, -0.25) is 9.10 Å². The predicted molar refractivity (Wildman–Crippen MR) is 98.0 cm³/mol. The van der Waals surface area contributed by atoms with Crippen LogP contribution in [0.1, 0.15) is 0 Å². The minimum absolute atomic E-state index is 0.00195. The van der Waals surface area contributed by atoms with Gasteiger partial charge in [0.1, 0.15) is 18.8 Å². The first kappa shape index (κ1) is 21.8. The van der Waals surface area contributed by atoms with Crippen LogP contribution in [0, 0.1) is 0 Å². The average Bonchev–Trinajstić information content (AvgIpc) is 2.64. The second-order valence-electron chi connectivity index (χ2n) is 5.53. The van der Waals surface area contributed by atoms with E-state index in [0.717, 1.165) is 0 Å². The molecule has 0 bridgehead atoms. The Kier molecular flexibility index (Phi) is 6.78. The van der Waals surface area contributed by atoms with E-state index in [2.05, 4.69) is 0 Å². The van der Waals surface area contributed by atoms with Gasteiger partial charge in [-0.1, -0.05) is 23.7 Å². The highest BCUT2D eigenvalue weighted by molar-refractivity contribution is 7.92. The topological polar surface area (TPSA) is 75.7 Å². The fourth-order valence-corrected chi connectivity index (χ4v) is 3.81. The minimum Gasteiger partial charge on any atom is -0.495 e. The maximum atomic E-state index is 13.1. The summed E-state index contributed by atoms with van der Waals surface area (Å²) >= 11 is 5.78. The molecule has 0 spiro atoms. The molecule has 2 aromatic rings. The number of halogens is 4. The van der Waals surface area contributed by atoms with Crippen molar-refractivity contribution in [2.75, 3.05) is 24.5 Å². The minimum atomic E-state index is -4.63. The molecular formula is C17H16ClF3N2O4S. The van der Waals surface area contributed by atoms with Crippen LogP contribution in [0.2, 0.25) is 5.02 Å². The van der Waals surface area contributed by atoms with Crippen LogP contribution in [0.25, 0.3) is 0 Å². The first-order valence-corrected chi connectivity index (χ1v) is 9.61. The molecule has 28 heavy (non-hydrogen) atoms. The lowest BCUT2D eigenvalue weighted by molar-refractivity contribution is -0.137. The van der Waals surface area contributed by atoms with Crippen molar-refractivity contribution in [3.05, 3.63) is 53.6 Å². The molecule has 2 aromatic carbocycles. The molecule has 0 aliphatic carbocycles. The van der Waals surface area contributed by atoms with Crippen molar-refractivity contribution in [1.29, 1.82) is 0 Å². The number of sulfonamides is 1. The molecule has 0 atom stereocenters. The van der Waals surface area contributed by atoms with Crippen molar-refractivity contribution in [3.8, 4) is 5.75 Å². The smallest absolute Gasteiger partial charge is 0.405 e. The van der Waals surface area contributed by atoms with Gasteiger partial charge in [0.25, 0.3) is 10.0 Å². The molecule has 2 rings (SSSR count). The number of para-hydroxylation sites is 2. The Morgan fingerprint density at radius 3 is 2.32 bits per heavy atom. The van der Waals surface area contributed by atoms with Gasteiger partial charge in [0.2, 0.25) is 5.91 Å². The second kappa shape index (κ2) is 8.70. The van der Waals surface area contributed by atoms with Crippen LogP contribution < -0.4 is 14.4 Å². The SMILES string of the molecule is COc1ccccc1N(CC(=O)NCC(F)(F)F)S(=O)(=O)c1ccc(Cl)cc1. The largest absolute Gasteiger partial charge is 0.495 e. The van der Waals surface area contributed by atoms with Gasteiger partial charge in [-0.25, -0.2) is 8.42 Å². The van der Waals surface area contributed by atoms with Crippen LogP contribution in [-0.4, -0.2) is 40.7 Å². The Bertz CT molecular complexity index is 934. The van der Waals surface area contributed by atoms with E-state index in [9.17, 15) is 26.4 Å². The Morgan fingerprint density at radius 2 is 1.75 bits per heavy atom. The molecule has 6 nitrogen and oxygen atoms in total. The molecule has 0 aliphatic heterocycles. The molecule has 0 saturated carbocycles. The van der Waals surface area contributed by atoms with Crippen LogP contribution in [0.5, 0.6) is 5.75 Å². The molecule has 0 radical (unpaired) electrons. The summed E-state index contributed by atoms with van der Waals surface area (Å²) in [4.78, 5) is 11.8. The molecular weight excluding hydrogens is 421 g/mol. The van der Waals surface area contributed by atoms with Crippen LogP contribution in [0.4, 0.5) is 18.9 Å². The van der Waals surface area contributed by atoms with E-state index in [-0.39, 0.29) is 16.3 Å². The Morgan fingerprint density at radius 1 is 1.14 bits per heavy atom. The summed E-state index contributed by atoms with van der Waals surface area (Å²) in [5.41, 5.74) is 0.00195. The lowest BCUT2D eigenvalue weighted by Gasteiger charge is -2.25. The highest BCUT2D eigenvalue weighted by Crippen LogP contribution is 2.32. The average molecular weight is 437 g/mol. The van der Waals surface area contributed by atoms with Crippen LogP contribution in [-0.2, 0) is 14.8 Å². The number of benzene rings is 2. The molecule has 0 saturated heterocycles. The van der Waals surface area contributed by atoms with E-state index in [0.29, 0.717) is 9.33 Å². The lowest BCUT2D eigenvalue weighted by atomic mass is 10.3. The summed E-state index contributed by atoms with van der Waals surface area (Å²) in [6, 6.07) is 11.1. The number of anilines is 1. The number of hydrogen-bond acceptors (Lipinski definition) is 4. The summed E-state index contributed by atoms with van der Waals surface area (Å²) in [6.45, 7) is -2.45. The Balaban J connectivity index is 2.44. The number of hydrogen-bond donors (Lipinski definition) is 1. The van der Waals surface area contributed by atoms with Gasteiger partial charge in [-0.15, -0.1) is 0 Å². The van der Waals surface area contributed by atoms with Crippen molar-refractivity contribution >= 4 is 33.2 Å². The van der Waals surface area contributed by atoms with E-state index in [4.69, 9.17) is 16.3 Å². The number of carbonyl (C=O) groups is 1. The number of amides is 1. The highest BCUT2D eigenvalue weighted by Gasteiger charge is 2.32. The van der Waals surface area contributed by atoms with Gasteiger partial charge in [-0.2, -0.15) is 13.2 Å². The fourth-order valence-electron chi connectivity index (χ4n) is 2.25. The number of methoxy groups -OCH3 is 1. The van der Waals surface area contributed by atoms with Crippen molar-refractivity contribution in [2.45, 2.75) is 11.1 Å². The number of nitrogens with zero attached hydrogens (tertiary/aromatic N) is 1. The number of rotatable bonds is 7. The van der Waals surface area contributed by atoms with Gasteiger partial charge in [0.15, 0.2) is 0 Å². The summed E-state index contributed by atoms with van der Waals surface area (Å²) in [6.07, 6.45) is -4.63. The third-order valence-corrected chi connectivity index (χ3v) is 5.55. The van der Waals surface area contributed by atoms with E-state index < -0.39 is 35.2 Å². The van der Waals surface area contributed by atoms with Crippen LogP contribution in [0.15, 0.2) is 53.4 Å². The number of carbonyl (C=O) groups excluding carboxylic acids is 1. The summed E-state index contributed by atoms with van der Waals surface area (Å²) in [7, 11) is -3.00. The molecule has 1 amide bonds. The Labute approximate surface area is 164 Å². The van der Waals surface area contributed by atoms with Crippen molar-refractivity contribution < 1.29 is 31.1 Å². The van der Waals surface area contributed by atoms with Crippen molar-refractivity contribution in [3.63, 3.8) is 0 Å². The molecule has 1 N–H and O–H groups in total. The van der Waals surface area contributed by atoms with Gasteiger partial charge in [0.05, 0.1) is 17.7 Å². The third-order valence-electron chi connectivity index (χ3n) is 3.53. The molecule has 152 valence electrons. The van der Waals surface area contributed by atoms with Crippen molar-refractivity contribution in [2.24, 2.45) is 0 Å². The monoisotopic (exact) mass is 436 g/mol. The fraction of sp³-hybridized carbons (Fsp3) is 0.235. The van der Waals surface area contributed by atoms with Gasteiger partial charge in [-0.05, 0) is 36.4 Å². The van der Waals surface area contributed by atoms with E-state index in [1.807, 2.05) is 0 Å². The molecule has 0 unspecified atom stereocenters. The number of nitrogens with one attached hydrogen (secondary N) is 1. The van der Waals surface area contributed by atoms with E-state index >= 15 is 0 Å². The molecule has 11 heteroatoms. The zero-order valence-corrected chi connectivity index (χ0v) is 16.1. The van der Waals surface area contributed by atoms with E-state index in [1.165, 1.54) is 49.6 Å². The van der Waals surface area contributed by atoms with E-state index in [1.54, 1.807) is 11.4 Å². The second-order valence-corrected chi connectivity index (χ2v) is 7.83. The van der Waals surface area contributed by atoms with Gasteiger partial charge in [0, 0.05) is 5.02 Å². The molecule has 0 fully saturated rings. The molecule has 0 aliphatic rings. The van der Waals surface area contributed by atoms with Crippen molar-refractivity contribution in [1.82, 2.24) is 5.32 Å². The first-order valence-electron chi connectivity index (χ1n) is 7.79. The maximum Gasteiger partial charge on any atom is 0.405 e. The number of alkyl halides is 3. The maximum absolute atomic E-state index is 13.1. The Hall–Kier alpha value is -2.46. The normalized spacial score (nSPS) is 11.8. The van der Waals surface area contributed by atoms with Crippen LogP contribution >= 0.6 is 11.6 Å². The predicted octanol–water partition coefficient (Wildman–Crippen LogP) is 3.22. The number of ether oxygens (including phenoxy) is 1. The molecule has 0 aromatic heterocycles. The first-order chi connectivity index (χ1) is 13.0. The highest BCUT2D eigenvalue weighted by atomic mass is 35.5. The quantitative estimate of drug-likeness (QED) is 0.723. The lowest BCUT2D eigenvalue weighted by Crippen LogP contribution is -2.43. The zero-order valence-electron chi connectivity index (χ0n) is 14.5. The summed E-state index contributed by atoms with van der Waals surface area (Å²) < 4.78 is 69.0. The van der Waals surface area contributed by atoms with Crippen LogP contribution in [0.3, 0.4) is 0 Å². The zero-order chi connectivity index (χ0) is 20.9. The summed E-state index contributed by atoms with van der Waals surface area (Å²) in [5.74, 6) is -0.996. The standard InChI is InChI=1S/C17H16ClF3N2O4S/c1-27-15-5-3-2-4-14(15)23(10-16(24)22-11-17(19,20)21)28(25,26)13-8-6-12(18)7-9-13/h2-9H,10-11H2,1H3,(H,22,24). The van der Waals surface area contributed by atoms with Gasteiger partial charge < -0.3 is 10.1 Å². The van der Waals surface area contributed by atoms with Gasteiger partial charge >= 0.3 is 6.18 Å².